The monoisotopic (exact) mass is 750 g/mol. The lowest BCUT2D eigenvalue weighted by molar-refractivity contribution is 0.673. The lowest BCUT2D eigenvalue weighted by atomic mass is 9.86. The standard InChI is InChI=1S/C53H42N4O/c1-32-27-33(2)29-38(28-32)56-46-19-11-8-16-40(46)43-30-36(21-24-47(43)56)37-22-25-48-44(31-37)51-49(26-23-42-41-17-9-12-20-50(41)58-52(42)51)57(48)53(54)55-45-18-10-7-15-39(45)34(3)35-13-5-4-6-14-35/h4-14,16-28,30-31,33,39H,3,15,29H2,1-2H3,(H2,54,55). The second-order valence-electron chi connectivity index (χ2n) is 16.0. The van der Waals surface area contributed by atoms with Crippen molar-refractivity contribution in [1.29, 1.82) is 0 Å². The van der Waals surface area contributed by atoms with Crippen molar-refractivity contribution in [3.8, 4) is 11.1 Å². The number of hydrogen-bond donors (Lipinski definition) is 1. The van der Waals surface area contributed by atoms with Crippen LogP contribution in [0.25, 0.3) is 87.9 Å². The number of benzene rings is 6. The van der Waals surface area contributed by atoms with Crippen molar-refractivity contribution < 1.29 is 4.42 Å². The first kappa shape index (κ1) is 34.2. The molecule has 58 heavy (non-hydrogen) atoms. The summed E-state index contributed by atoms with van der Waals surface area (Å²) in [7, 11) is 0. The van der Waals surface area contributed by atoms with Crippen LogP contribution in [0.5, 0.6) is 0 Å². The van der Waals surface area contributed by atoms with Gasteiger partial charge in [0.2, 0.25) is 5.96 Å². The molecule has 5 nitrogen and oxygen atoms in total. The van der Waals surface area contributed by atoms with Crippen LogP contribution in [0.2, 0.25) is 0 Å². The van der Waals surface area contributed by atoms with Crippen LogP contribution in [-0.4, -0.2) is 15.1 Å². The summed E-state index contributed by atoms with van der Waals surface area (Å²) in [6.07, 6.45) is 12.8. The fraction of sp³-hybridized carbons (Fsp3) is 0.113. The van der Waals surface area contributed by atoms with E-state index in [1.165, 1.54) is 33.1 Å². The van der Waals surface area contributed by atoms with E-state index in [2.05, 4.69) is 169 Å². The minimum absolute atomic E-state index is 0.00637. The number of aromatic nitrogens is 2. The van der Waals surface area contributed by atoms with Crippen LogP contribution >= 0.6 is 0 Å². The largest absolute Gasteiger partial charge is 0.455 e. The lowest BCUT2D eigenvalue weighted by Crippen LogP contribution is -2.23. The molecule has 11 rings (SSSR count). The molecule has 5 heteroatoms. The SMILES string of the molecule is C=C(c1ccccc1)C1CC=CC=C1/N=C(\N)n1c2ccc(-c3ccc4c(c3)c3ccccc3n4C3=CC(C)=CC(C)C3)cc2c2c3oc4ccccc4c3ccc21. The topological polar surface area (TPSA) is 61.4 Å². The maximum atomic E-state index is 7.15. The number of hydrogen-bond acceptors (Lipinski definition) is 2. The van der Waals surface area contributed by atoms with Gasteiger partial charge in [-0.25, -0.2) is 4.99 Å². The molecule has 2 N–H and O–H groups in total. The Morgan fingerprint density at radius 1 is 0.741 bits per heavy atom. The van der Waals surface area contributed by atoms with E-state index in [1.54, 1.807) is 0 Å². The summed E-state index contributed by atoms with van der Waals surface area (Å²) < 4.78 is 11.3. The summed E-state index contributed by atoms with van der Waals surface area (Å²) in [5, 5.41) is 6.75. The Morgan fingerprint density at radius 3 is 2.28 bits per heavy atom. The number of allylic oxidation sites excluding steroid dienone is 8. The number of nitrogens with two attached hydrogens (primary N) is 1. The molecule has 0 saturated heterocycles. The molecule has 0 aliphatic heterocycles. The molecule has 2 unspecified atom stereocenters. The van der Waals surface area contributed by atoms with Gasteiger partial charge in [0, 0.05) is 38.5 Å². The molecular formula is C53H42N4O. The molecule has 0 bridgehead atoms. The quantitative estimate of drug-likeness (QED) is 0.141. The van der Waals surface area contributed by atoms with Crippen LogP contribution in [0.1, 0.15) is 32.3 Å². The van der Waals surface area contributed by atoms with E-state index in [1.807, 2.05) is 18.2 Å². The van der Waals surface area contributed by atoms with Gasteiger partial charge in [-0.1, -0.05) is 116 Å². The fourth-order valence-electron chi connectivity index (χ4n) is 9.63. The third-order valence-electron chi connectivity index (χ3n) is 12.2. The van der Waals surface area contributed by atoms with Gasteiger partial charge in [0.05, 0.1) is 33.2 Å². The summed E-state index contributed by atoms with van der Waals surface area (Å²) in [5.41, 5.74) is 21.2. The molecule has 280 valence electrons. The van der Waals surface area contributed by atoms with Gasteiger partial charge in [0.1, 0.15) is 11.2 Å². The maximum Gasteiger partial charge on any atom is 0.205 e. The van der Waals surface area contributed by atoms with E-state index >= 15 is 0 Å². The van der Waals surface area contributed by atoms with Gasteiger partial charge in [0.15, 0.2) is 0 Å². The van der Waals surface area contributed by atoms with E-state index in [9.17, 15) is 0 Å². The molecule has 3 heterocycles. The van der Waals surface area contributed by atoms with Crippen LogP contribution in [0.15, 0.2) is 185 Å². The zero-order chi connectivity index (χ0) is 39.1. The summed E-state index contributed by atoms with van der Waals surface area (Å²) in [6.45, 7) is 9.03. The van der Waals surface area contributed by atoms with Gasteiger partial charge in [-0.3, -0.25) is 4.57 Å². The predicted molar refractivity (Wildman–Crippen MR) is 245 cm³/mol. The molecular weight excluding hydrogens is 709 g/mol. The van der Waals surface area contributed by atoms with Gasteiger partial charge in [-0.05, 0) is 109 Å². The van der Waals surface area contributed by atoms with E-state index in [-0.39, 0.29) is 5.92 Å². The Hall–Kier alpha value is -7.11. The van der Waals surface area contributed by atoms with Gasteiger partial charge < -0.3 is 14.7 Å². The number of para-hydroxylation sites is 2. The van der Waals surface area contributed by atoms with Crippen molar-refractivity contribution in [2.45, 2.75) is 26.7 Å². The van der Waals surface area contributed by atoms with Gasteiger partial charge >= 0.3 is 0 Å². The van der Waals surface area contributed by atoms with E-state index in [0.29, 0.717) is 11.9 Å². The molecule has 3 aromatic heterocycles. The molecule has 2 aliphatic rings. The molecule has 0 saturated carbocycles. The van der Waals surface area contributed by atoms with Crippen LogP contribution in [0.4, 0.5) is 0 Å². The molecule has 0 fully saturated rings. The molecule has 0 amide bonds. The predicted octanol–water partition coefficient (Wildman–Crippen LogP) is 13.6. The zero-order valence-electron chi connectivity index (χ0n) is 32.6. The Kier molecular flexibility index (Phi) is 7.80. The zero-order valence-corrected chi connectivity index (χ0v) is 32.6. The Labute approximate surface area is 336 Å². The summed E-state index contributed by atoms with van der Waals surface area (Å²) in [5.74, 6) is 0.904. The average Bonchev–Trinajstić information content (AvgIpc) is 3.91. The first-order chi connectivity index (χ1) is 28.4. The van der Waals surface area contributed by atoms with E-state index < -0.39 is 0 Å². The van der Waals surface area contributed by atoms with Crippen LogP contribution in [0, 0.1) is 11.8 Å². The maximum absolute atomic E-state index is 7.15. The fourth-order valence-corrected chi connectivity index (χ4v) is 9.63. The molecule has 2 aliphatic carbocycles. The first-order valence-electron chi connectivity index (χ1n) is 20.2. The van der Waals surface area contributed by atoms with Gasteiger partial charge in [0.25, 0.3) is 0 Å². The van der Waals surface area contributed by atoms with Gasteiger partial charge in [-0.15, -0.1) is 0 Å². The number of furan rings is 1. The van der Waals surface area contributed by atoms with Crippen molar-refractivity contribution in [1.82, 2.24) is 9.13 Å². The molecule has 6 aromatic carbocycles. The van der Waals surface area contributed by atoms with Crippen LogP contribution in [-0.2, 0) is 0 Å². The third-order valence-corrected chi connectivity index (χ3v) is 12.2. The normalized spacial score (nSPS) is 17.5. The Balaban J connectivity index is 1.10. The molecule has 9 aromatic rings. The smallest absolute Gasteiger partial charge is 0.205 e. The number of aliphatic imine (C=N–C) groups is 1. The highest BCUT2D eigenvalue weighted by Gasteiger charge is 2.24. The van der Waals surface area contributed by atoms with Crippen molar-refractivity contribution >= 4 is 82.8 Å². The van der Waals surface area contributed by atoms with E-state index in [4.69, 9.17) is 15.1 Å². The average molecular weight is 751 g/mol. The Bertz CT molecular complexity index is 3340. The summed E-state index contributed by atoms with van der Waals surface area (Å²) in [4.78, 5) is 5.19. The van der Waals surface area contributed by atoms with Crippen molar-refractivity contribution in [3.63, 3.8) is 0 Å². The second-order valence-corrected chi connectivity index (χ2v) is 16.0. The van der Waals surface area contributed by atoms with Crippen molar-refractivity contribution in [2.24, 2.45) is 22.6 Å². The highest BCUT2D eigenvalue weighted by Crippen LogP contribution is 2.43. The first-order valence-corrected chi connectivity index (χ1v) is 20.2. The minimum Gasteiger partial charge on any atom is -0.455 e. The lowest BCUT2D eigenvalue weighted by Gasteiger charge is -2.22. The number of rotatable bonds is 5. The number of fused-ring (bicyclic) bond motifs is 10. The minimum atomic E-state index is 0.00637. The number of nitrogens with zero attached hydrogens (tertiary/aromatic N) is 3. The summed E-state index contributed by atoms with van der Waals surface area (Å²) >= 11 is 0. The van der Waals surface area contributed by atoms with Gasteiger partial charge in [-0.2, -0.15) is 0 Å². The van der Waals surface area contributed by atoms with Crippen molar-refractivity contribution in [2.75, 3.05) is 0 Å². The van der Waals surface area contributed by atoms with E-state index in [0.717, 1.165) is 84.5 Å². The highest BCUT2D eigenvalue weighted by molar-refractivity contribution is 6.26. The van der Waals surface area contributed by atoms with Crippen LogP contribution < -0.4 is 5.73 Å². The summed E-state index contributed by atoms with van der Waals surface area (Å²) in [6, 6.07) is 45.3. The second kappa shape index (κ2) is 13.2. The van der Waals surface area contributed by atoms with Crippen LogP contribution in [0.3, 0.4) is 0 Å². The highest BCUT2D eigenvalue weighted by atomic mass is 16.3. The third kappa shape index (κ3) is 5.34. The van der Waals surface area contributed by atoms with Crippen molar-refractivity contribution in [3.05, 3.63) is 181 Å². The Morgan fingerprint density at radius 2 is 1.45 bits per heavy atom. The molecule has 2 atom stereocenters. The molecule has 0 spiro atoms. The molecule has 0 radical (unpaired) electrons.